The molecule has 1 saturated heterocycles. The maximum atomic E-state index is 13.6. The van der Waals surface area contributed by atoms with Crippen LogP contribution in [0.5, 0.6) is 5.75 Å². The molecule has 9 heteroatoms. The van der Waals surface area contributed by atoms with Gasteiger partial charge in [-0.05, 0) is 29.8 Å². The Kier molecular flexibility index (Phi) is 6.05. The number of amides is 1. The van der Waals surface area contributed by atoms with E-state index in [0.29, 0.717) is 64.2 Å². The fourth-order valence-electron chi connectivity index (χ4n) is 4.46. The molecule has 1 fully saturated rings. The van der Waals surface area contributed by atoms with Crippen molar-refractivity contribution in [3.8, 4) is 5.75 Å². The second-order valence-corrected chi connectivity index (χ2v) is 8.88. The van der Waals surface area contributed by atoms with Gasteiger partial charge in [0.15, 0.2) is 5.43 Å². The van der Waals surface area contributed by atoms with E-state index in [2.05, 4.69) is 4.90 Å². The molecular formula is C24H22Cl2N2O5. The Balaban J connectivity index is 1.62. The summed E-state index contributed by atoms with van der Waals surface area (Å²) in [6.07, 6.45) is 0. The highest BCUT2D eigenvalue weighted by Gasteiger charge is 2.42. The largest absolute Gasteiger partial charge is 0.497 e. The molecule has 3 heterocycles. The second kappa shape index (κ2) is 8.99. The minimum atomic E-state index is -0.619. The van der Waals surface area contributed by atoms with Crippen molar-refractivity contribution < 1.29 is 18.7 Å². The lowest BCUT2D eigenvalue weighted by Gasteiger charge is -2.31. The number of fused-ring (bicyclic) bond motifs is 2. The molecule has 1 atom stereocenters. The minimum Gasteiger partial charge on any atom is -0.497 e. The molecule has 2 aromatic carbocycles. The summed E-state index contributed by atoms with van der Waals surface area (Å²) in [5.74, 6) is 0.274. The molecule has 1 amide bonds. The number of hydrogen-bond acceptors (Lipinski definition) is 6. The Morgan fingerprint density at radius 2 is 1.82 bits per heavy atom. The van der Waals surface area contributed by atoms with Crippen molar-refractivity contribution in [3.05, 3.63) is 73.6 Å². The van der Waals surface area contributed by atoms with Crippen molar-refractivity contribution in [2.75, 3.05) is 46.5 Å². The van der Waals surface area contributed by atoms with Gasteiger partial charge in [0.25, 0.3) is 5.91 Å². The Morgan fingerprint density at radius 1 is 1.03 bits per heavy atom. The zero-order valence-corrected chi connectivity index (χ0v) is 19.5. The Labute approximate surface area is 200 Å². The third kappa shape index (κ3) is 3.99. The summed E-state index contributed by atoms with van der Waals surface area (Å²) in [5, 5.41) is 1.16. The van der Waals surface area contributed by atoms with Gasteiger partial charge in [0.05, 0.1) is 47.4 Å². The van der Waals surface area contributed by atoms with Crippen LogP contribution in [0.3, 0.4) is 0 Å². The zero-order valence-electron chi connectivity index (χ0n) is 18.0. The standard InChI is InChI=1S/C24H22Cl2N2O5/c1-31-15-3-4-16-19(13-15)33-23-20(22(16)29)21(14-2-5-17(25)18(26)12-14)28(24(23)30)7-6-27-8-10-32-11-9-27/h2-5,12-13,21H,6-11H2,1H3/t21-/m1/s1. The number of benzene rings is 2. The summed E-state index contributed by atoms with van der Waals surface area (Å²) in [4.78, 5) is 31.0. The molecule has 33 heavy (non-hydrogen) atoms. The van der Waals surface area contributed by atoms with Gasteiger partial charge < -0.3 is 18.8 Å². The molecule has 5 rings (SSSR count). The van der Waals surface area contributed by atoms with Crippen LogP contribution in [-0.4, -0.2) is 62.2 Å². The lowest BCUT2D eigenvalue weighted by Crippen LogP contribution is -2.42. The van der Waals surface area contributed by atoms with Crippen LogP contribution in [0.15, 0.2) is 45.6 Å². The molecule has 0 N–H and O–H groups in total. The number of carbonyl (C=O) groups excluding carboxylic acids is 1. The molecule has 7 nitrogen and oxygen atoms in total. The van der Waals surface area contributed by atoms with Crippen LogP contribution >= 0.6 is 23.2 Å². The fourth-order valence-corrected chi connectivity index (χ4v) is 4.77. The third-order valence-electron chi connectivity index (χ3n) is 6.20. The van der Waals surface area contributed by atoms with E-state index in [1.165, 1.54) is 7.11 Å². The van der Waals surface area contributed by atoms with Gasteiger partial charge in [0.1, 0.15) is 11.3 Å². The highest BCUT2D eigenvalue weighted by atomic mass is 35.5. The van der Waals surface area contributed by atoms with Gasteiger partial charge in [0.2, 0.25) is 5.76 Å². The van der Waals surface area contributed by atoms with Gasteiger partial charge in [-0.15, -0.1) is 0 Å². The fraction of sp³-hybridized carbons (Fsp3) is 0.333. The Morgan fingerprint density at radius 3 is 2.55 bits per heavy atom. The van der Waals surface area contributed by atoms with E-state index in [1.807, 2.05) is 0 Å². The first-order chi connectivity index (χ1) is 16.0. The SMILES string of the molecule is COc1ccc2c(=O)c3c(oc2c1)C(=O)N(CCN1CCOCC1)[C@@H]3c1ccc(Cl)c(Cl)c1. The maximum Gasteiger partial charge on any atom is 0.290 e. The van der Waals surface area contributed by atoms with Crippen LogP contribution in [0.25, 0.3) is 11.0 Å². The Hall–Kier alpha value is -2.58. The number of hydrogen-bond donors (Lipinski definition) is 0. The summed E-state index contributed by atoms with van der Waals surface area (Å²) < 4.78 is 16.7. The molecule has 2 aliphatic heterocycles. The molecule has 0 saturated carbocycles. The smallest absolute Gasteiger partial charge is 0.290 e. The third-order valence-corrected chi connectivity index (χ3v) is 6.93. The van der Waals surface area contributed by atoms with E-state index in [1.54, 1.807) is 41.3 Å². The summed E-state index contributed by atoms with van der Waals surface area (Å²) in [5.41, 5.74) is 1.10. The van der Waals surface area contributed by atoms with Gasteiger partial charge in [-0.1, -0.05) is 29.3 Å². The quantitative estimate of drug-likeness (QED) is 0.540. The highest BCUT2D eigenvalue weighted by Crippen LogP contribution is 2.40. The molecular weight excluding hydrogens is 467 g/mol. The first-order valence-electron chi connectivity index (χ1n) is 10.7. The lowest BCUT2D eigenvalue weighted by atomic mass is 9.98. The number of halogens is 2. The van der Waals surface area contributed by atoms with Crippen LogP contribution < -0.4 is 10.2 Å². The van der Waals surface area contributed by atoms with Crippen molar-refractivity contribution >= 4 is 40.1 Å². The number of morpholine rings is 1. The monoisotopic (exact) mass is 488 g/mol. The van der Waals surface area contributed by atoms with Crippen LogP contribution in [0.4, 0.5) is 0 Å². The van der Waals surface area contributed by atoms with E-state index >= 15 is 0 Å². The normalized spacial score (nSPS) is 18.7. The molecule has 0 bridgehead atoms. The first-order valence-corrected chi connectivity index (χ1v) is 11.4. The molecule has 0 spiro atoms. The number of methoxy groups -OCH3 is 1. The average Bonchev–Trinajstić information content (AvgIpc) is 3.11. The van der Waals surface area contributed by atoms with Gasteiger partial charge >= 0.3 is 0 Å². The number of carbonyl (C=O) groups is 1. The molecule has 1 aromatic heterocycles. The number of rotatable bonds is 5. The van der Waals surface area contributed by atoms with Crippen molar-refractivity contribution in [3.63, 3.8) is 0 Å². The van der Waals surface area contributed by atoms with Crippen LogP contribution in [0.1, 0.15) is 27.7 Å². The molecule has 0 aliphatic carbocycles. The highest BCUT2D eigenvalue weighted by molar-refractivity contribution is 6.42. The van der Waals surface area contributed by atoms with E-state index in [9.17, 15) is 9.59 Å². The minimum absolute atomic E-state index is 0.0544. The summed E-state index contributed by atoms with van der Waals surface area (Å²) >= 11 is 12.4. The van der Waals surface area contributed by atoms with Crippen LogP contribution in [-0.2, 0) is 4.74 Å². The predicted octanol–water partition coefficient (Wildman–Crippen LogP) is 3.99. The van der Waals surface area contributed by atoms with Gasteiger partial charge in [0, 0.05) is 32.2 Å². The maximum absolute atomic E-state index is 13.6. The summed E-state index contributed by atoms with van der Waals surface area (Å²) in [7, 11) is 1.53. The van der Waals surface area contributed by atoms with Crippen LogP contribution in [0.2, 0.25) is 10.0 Å². The lowest BCUT2D eigenvalue weighted by molar-refractivity contribution is 0.0314. The van der Waals surface area contributed by atoms with Crippen molar-refractivity contribution in [1.29, 1.82) is 0 Å². The van der Waals surface area contributed by atoms with Gasteiger partial charge in [-0.2, -0.15) is 0 Å². The average molecular weight is 489 g/mol. The summed E-state index contributed by atoms with van der Waals surface area (Å²) in [6.45, 7) is 4.01. The van der Waals surface area contributed by atoms with Crippen molar-refractivity contribution in [2.45, 2.75) is 6.04 Å². The number of ether oxygens (including phenoxy) is 2. The van der Waals surface area contributed by atoms with Gasteiger partial charge in [-0.25, -0.2) is 0 Å². The summed E-state index contributed by atoms with van der Waals surface area (Å²) in [6, 6.07) is 9.53. The van der Waals surface area contributed by atoms with Crippen molar-refractivity contribution in [2.24, 2.45) is 0 Å². The van der Waals surface area contributed by atoms with Gasteiger partial charge in [-0.3, -0.25) is 14.5 Å². The van der Waals surface area contributed by atoms with E-state index in [0.717, 1.165) is 13.1 Å². The topological polar surface area (TPSA) is 72.2 Å². The first kappa shape index (κ1) is 22.2. The van der Waals surface area contributed by atoms with E-state index in [4.69, 9.17) is 37.1 Å². The second-order valence-electron chi connectivity index (χ2n) is 8.06. The molecule has 0 radical (unpaired) electrons. The van der Waals surface area contributed by atoms with Crippen molar-refractivity contribution in [1.82, 2.24) is 9.80 Å². The Bertz CT molecular complexity index is 1290. The molecule has 172 valence electrons. The predicted molar refractivity (Wildman–Crippen MR) is 126 cm³/mol. The van der Waals surface area contributed by atoms with Crippen LogP contribution in [0, 0.1) is 0 Å². The molecule has 0 unspecified atom stereocenters. The zero-order chi connectivity index (χ0) is 23.1. The molecule has 2 aliphatic rings. The van der Waals surface area contributed by atoms with E-state index < -0.39 is 6.04 Å². The molecule has 3 aromatic rings. The van der Waals surface area contributed by atoms with E-state index in [-0.39, 0.29) is 17.1 Å². The number of nitrogens with zero attached hydrogens (tertiary/aromatic N) is 2.